The number of carbonyl (C=O) groups is 1. The molecule has 2 N–H and O–H groups in total. The van der Waals surface area contributed by atoms with Gasteiger partial charge in [-0.2, -0.15) is 5.10 Å². The monoisotopic (exact) mass is 301 g/mol. The van der Waals surface area contributed by atoms with Gasteiger partial charge in [-0.25, -0.2) is 0 Å². The molecule has 1 aromatic carbocycles. The zero-order valence-electron chi connectivity index (χ0n) is 13.3. The second-order valence-electron chi connectivity index (χ2n) is 5.40. The van der Waals surface area contributed by atoms with Crippen LogP contribution in [0, 0.1) is 6.92 Å². The zero-order valence-corrected chi connectivity index (χ0v) is 13.3. The number of aliphatic hydroxyl groups is 1. The quantitative estimate of drug-likeness (QED) is 0.861. The van der Waals surface area contributed by atoms with Crippen LogP contribution in [0.4, 0.5) is 0 Å². The van der Waals surface area contributed by atoms with E-state index in [2.05, 4.69) is 10.2 Å². The van der Waals surface area contributed by atoms with Crippen LogP contribution in [0.5, 0.6) is 0 Å². The molecule has 0 saturated heterocycles. The molecule has 0 fully saturated rings. The molecule has 5 heteroatoms. The van der Waals surface area contributed by atoms with Crippen molar-refractivity contribution in [2.24, 2.45) is 0 Å². The Kier molecular flexibility index (Phi) is 5.33. The highest BCUT2D eigenvalue weighted by molar-refractivity contribution is 5.92. The molecule has 0 spiro atoms. The average molecular weight is 301 g/mol. The average Bonchev–Trinajstić information content (AvgIpc) is 3.01. The molecule has 1 heterocycles. The van der Waals surface area contributed by atoms with Gasteiger partial charge in [-0.05, 0) is 31.9 Å². The first-order valence-corrected chi connectivity index (χ1v) is 7.63. The van der Waals surface area contributed by atoms with Crippen LogP contribution in [0.1, 0.15) is 47.3 Å². The first-order chi connectivity index (χ1) is 10.5. The lowest BCUT2D eigenvalue weighted by molar-refractivity contribution is 0.0629. The molecule has 118 valence electrons. The predicted molar refractivity (Wildman–Crippen MR) is 85.7 cm³/mol. The van der Waals surface area contributed by atoms with E-state index < -0.39 is 6.10 Å². The summed E-state index contributed by atoms with van der Waals surface area (Å²) in [5, 5.41) is 17.2. The molecule has 2 rings (SSSR count). The number of hydrogen-bond donors (Lipinski definition) is 2. The fourth-order valence-corrected chi connectivity index (χ4v) is 2.27. The summed E-state index contributed by atoms with van der Waals surface area (Å²) in [4.78, 5) is 14.1. The molecule has 1 aromatic heterocycles. The Morgan fingerprint density at radius 1 is 1.32 bits per heavy atom. The topological polar surface area (TPSA) is 69.2 Å². The van der Waals surface area contributed by atoms with Crippen LogP contribution < -0.4 is 0 Å². The van der Waals surface area contributed by atoms with E-state index in [1.807, 2.05) is 45.0 Å². The van der Waals surface area contributed by atoms with E-state index in [4.69, 9.17) is 0 Å². The standard InChI is InChI=1S/C17H23N3O2/c1-4-14-10-15(19-18-14)17(22)20(5-2)11-16(21)13-8-6-12(3)7-9-13/h6-10,16,21H,4-5,11H2,1-3H3,(H,18,19). The highest BCUT2D eigenvalue weighted by Gasteiger charge is 2.20. The Morgan fingerprint density at radius 3 is 2.55 bits per heavy atom. The summed E-state index contributed by atoms with van der Waals surface area (Å²) >= 11 is 0. The summed E-state index contributed by atoms with van der Waals surface area (Å²) in [5.74, 6) is -0.162. The first kappa shape index (κ1) is 16.2. The molecule has 22 heavy (non-hydrogen) atoms. The van der Waals surface area contributed by atoms with Crippen LogP contribution in [0.15, 0.2) is 30.3 Å². The number of carbonyl (C=O) groups excluding carboxylic acids is 1. The van der Waals surface area contributed by atoms with Crippen molar-refractivity contribution in [2.45, 2.75) is 33.3 Å². The van der Waals surface area contributed by atoms with Crippen molar-refractivity contribution in [1.82, 2.24) is 15.1 Å². The fourth-order valence-electron chi connectivity index (χ4n) is 2.27. The van der Waals surface area contributed by atoms with Gasteiger partial charge in [0.15, 0.2) is 0 Å². The minimum absolute atomic E-state index is 0.162. The van der Waals surface area contributed by atoms with Crippen LogP contribution in [0.25, 0.3) is 0 Å². The zero-order chi connectivity index (χ0) is 16.1. The van der Waals surface area contributed by atoms with Crippen molar-refractivity contribution >= 4 is 5.91 Å². The molecule has 0 aliphatic carbocycles. The molecule has 0 bridgehead atoms. The van der Waals surface area contributed by atoms with Crippen LogP contribution >= 0.6 is 0 Å². The van der Waals surface area contributed by atoms with Crippen LogP contribution in [-0.4, -0.2) is 39.2 Å². The lowest BCUT2D eigenvalue weighted by atomic mass is 10.1. The number of nitrogens with one attached hydrogen (secondary N) is 1. The third-order valence-electron chi connectivity index (χ3n) is 3.76. The third-order valence-corrected chi connectivity index (χ3v) is 3.76. The number of hydrogen-bond acceptors (Lipinski definition) is 3. The van der Waals surface area contributed by atoms with Gasteiger partial charge in [0.1, 0.15) is 5.69 Å². The number of nitrogens with zero attached hydrogens (tertiary/aromatic N) is 2. The van der Waals surface area contributed by atoms with Gasteiger partial charge in [-0.15, -0.1) is 0 Å². The second-order valence-corrected chi connectivity index (χ2v) is 5.40. The number of rotatable bonds is 6. The predicted octanol–water partition coefficient (Wildman–Crippen LogP) is 2.48. The Hall–Kier alpha value is -2.14. The largest absolute Gasteiger partial charge is 0.387 e. The second kappa shape index (κ2) is 7.22. The smallest absolute Gasteiger partial charge is 0.274 e. The van der Waals surface area contributed by atoms with Crippen LogP contribution in [0.2, 0.25) is 0 Å². The van der Waals surface area contributed by atoms with Gasteiger partial charge in [0, 0.05) is 12.2 Å². The van der Waals surface area contributed by atoms with E-state index in [0.29, 0.717) is 12.2 Å². The highest BCUT2D eigenvalue weighted by Crippen LogP contribution is 2.16. The van der Waals surface area contributed by atoms with Crippen molar-refractivity contribution in [1.29, 1.82) is 0 Å². The molecular formula is C17H23N3O2. The summed E-state index contributed by atoms with van der Waals surface area (Å²) in [5.41, 5.74) is 3.28. The first-order valence-electron chi connectivity index (χ1n) is 7.63. The summed E-state index contributed by atoms with van der Waals surface area (Å²) in [7, 11) is 0. The number of aliphatic hydroxyl groups excluding tert-OH is 1. The molecule has 0 radical (unpaired) electrons. The number of H-pyrrole nitrogens is 1. The van der Waals surface area contributed by atoms with E-state index in [1.165, 1.54) is 0 Å². The van der Waals surface area contributed by atoms with Gasteiger partial charge in [0.25, 0.3) is 5.91 Å². The van der Waals surface area contributed by atoms with E-state index >= 15 is 0 Å². The van der Waals surface area contributed by atoms with Gasteiger partial charge < -0.3 is 10.0 Å². The SMILES string of the molecule is CCc1cc(C(=O)N(CC)CC(O)c2ccc(C)cc2)n[nH]1. The molecule has 0 aliphatic heterocycles. The number of aromatic nitrogens is 2. The van der Waals surface area contributed by atoms with Gasteiger partial charge in [-0.3, -0.25) is 9.89 Å². The van der Waals surface area contributed by atoms with Gasteiger partial charge in [0.05, 0.1) is 12.6 Å². The molecule has 1 atom stereocenters. The van der Waals surface area contributed by atoms with Gasteiger partial charge >= 0.3 is 0 Å². The number of likely N-dealkylation sites (N-methyl/N-ethyl adjacent to an activating group) is 1. The number of aromatic amines is 1. The molecule has 5 nitrogen and oxygen atoms in total. The number of benzene rings is 1. The fraction of sp³-hybridized carbons (Fsp3) is 0.412. The number of aryl methyl sites for hydroxylation is 2. The Balaban J connectivity index is 2.07. The lowest BCUT2D eigenvalue weighted by Crippen LogP contribution is -2.34. The van der Waals surface area contributed by atoms with Crippen molar-refractivity contribution in [3.63, 3.8) is 0 Å². The van der Waals surface area contributed by atoms with E-state index in [-0.39, 0.29) is 12.5 Å². The summed E-state index contributed by atoms with van der Waals surface area (Å²) in [6, 6.07) is 9.46. The maximum atomic E-state index is 12.5. The Labute approximate surface area is 131 Å². The van der Waals surface area contributed by atoms with Crippen LogP contribution in [-0.2, 0) is 6.42 Å². The molecule has 1 unspecified atom stereocenters. The third kappa shape index (κ3) is 3.74. The molecule has 0 saturated carbocycles. The Bertz CT molecular complexity index is 619. The van der Waals surface area contributed by atoms with Crippen molar-refractivity contribution in [2.75, 3.05) is 13.1 Å². The summed E-state index contributed by atoms with van der Waals surface area (Å²) in [6.45, 7) is 6.68. The summed E-state index contributed by atoms with van der Waals surface area (Å²) in [6.07, 6.45) is 0.104. The molecule has 2 aromatic rings. The maximum absolute atomic E-state index is 12.5. The van der Waals surface area contributed by atoms with E-state index in [9.17, 15) is 9.90 Å². The van der Waals surface area contributed by atoms with Gasteiger partial charge in [-0.1, -0.05) is 36.8 Å². The molecular weight excluding hydrogens is 278 g/mol. The maximum Gasteiger partial charge on any atom is 0.274 e. The van der Waals surface area contributed by atoms with Crippen molar-refractivity contribution < 1.29 is 9.90 Å². The van der Waals surface area contributed by atoms with Crippen molar-refractivity contribution in [3.05, 3.63) is 52.8 Å². The highest BCUT2D eigenvalue weighted by atomic mass is 16.3. The van der Waals surface area contributed by atoms with Gasteiger partial charge in [0.2, 0.25) is 0 Å². The van der Waals surface area contributed by atoms with E-state index in [1.54, 1.807) is 11.0 Å². The molecule has 1 amide bonds. The molecule has 0 aliphatic rings. The number of amides is 1. The van der Waals surface area contributed by atoms with Crippen LogP contribution in [0.3, 0.4) is 0 Å². The summed E-state index contributed by atoms with van der Waals surface area (Å²) < 4.78 is 0. The normalized spacial score (nSPS) is 12.2. The minimum atomic E-state index is -0.700. The lowest BCUT2D eigenvalue weighted by Gasteiger charge is -2.23. The van der Waals surface area contributed by atoms with Crippen molar-refractivity contribution in [3.8, 4) is 0 Å². The Morgan fingerprint density at radius 2 is 2.00 bits per heavy atom. The minimum Gasteiger partial charge on any atom is -0.387 e. The van der Waals surface area contributed by atoms with E-state index in [0.717, 1.165) is 23.2 Å².